The Morgan fingerprint density at radius 2 is 1.88 bits per heavy atom. The quantitative estimate of drug-likeness (QED) is 0.489. The summed E-state index contributed by atoms with van der Waals surface area (Å²) in [6, 6.07) is 4.72. The molecule has 0 aromatic heterocycles. The smallest absolute Gasteiger partial charge is 0.435 e. The van der Waals surface area contributed by atoms with E-state index < -0.39 is 36.3 Å². The van der Waals surface area contributed by atoms with E-state index in [0.717, 1.165) is 0 Å². The molecule has 24 heavy (non-hydrogen) atoms. The standard InChI is InChI=1S/C16H22N2O6/c1-16(2,3)24-15(21)18(22)13-12(9-19)17(14(13)20)10-5-7-11(23-4)8-6-10/h5-8,12-13,19,22H,9H2,1-4H3. The lowest BCUT2D eigenvalue weighted by Gasteiger charge is -2.48. The predicted molar refractivity (Wildman–Crippen MR) is 85.0 cm³/mol. The van der Waals surface area contributed by atoms with Crippen LogP contribution in [-0.4, -0.2) is 58.8 Å². The van der Waals surface area contributed by atoms with Crippen molar-refractivity contribution in [1.82, 2.24) is 5.06 Å². The number of hydrogen-bond acceptors (Lipinski definition) is 6. The fourth-order valence-electron chi connectivity index (χ4n) is 2.46. The number of methoxy groups -OCH3 is 1. The number of benzene rings is 1. The molecule has 2 atom stereocenters. The molecule has 0 radical (unpaired) electrons. The molecule has 8 nitrogen and oxygen atoms in total. The molecule has 8 heteroatoms. The number of anilines is 1. The number of β-lactam (4-membered cyclic amide) rings is 1. The third-order valence-electron chi connectivity index (χ3n) is 3.57. The third kappa shape index (κ3) is 3.44. The maximum Gasteiger partial charge on any atom is 0.435 e. The molecule has 1 aliphatic heterocycles. The van der Waals surface area contributed by atoms with Crippen molar-refractivity contribution < 1.29 is 29.4 Å². The van der Waals surface area contributed by atoms with Gasteiger partial charge in [-0.05, 0) is 45.0 Å². The van der Waals surface area contributed by atoms with Crippen LogP contribution in [0.3, 0.4) is 0 Å². The molecule has 2 rings (SSSR count). The van der Waals surface area contributed by atoms with Gasteiger partial charge in [0.2, 0.25) is 0 Å². The molecule has 2 unspecified atom stereocenters. The Morgan fingerprint density at radius 1 is 1.29 bits per heavy atom. The molecule has 1 saturated heterocycles. The molecule has 1 heterocycles. The van der Waals surface area contributed by atoms with Gasteiger partial charge in [-0.1, -0.05) is 0 Å². The van der Waals surface area contributed by atoms with E-state index in [4.69, 9.17) is 9.47 Å². The molecule has 2 N–H and O–H groups in total. The zero-order valence-corrected chi connectivity index (χ0v) is 14.1. The molecule has 2 amide bonds. The van der Waals surface area contributed by atoms with E-state index in [9.17, 15) is 19.9 Å². The molecule has 132 valence electrons. The average molecular weight is 338 g/mol. The number of carbonyl (C=O) groups is 2. The first-order chi connectivity index (χ1) is 11.2. The first kappa shape index (κ1) is 18.0. The lowest BCUT2D eigenvalue weighted by molar-refractivity contribution is -0.164. The number of rotatable bonds is 4. The Kier molecular flexibility index (Phi) is 5.00. The van der Waals surface area contributed by atoms with Crippen LogP contribution in [0.1, 0.15) is 20.8 Å². The van der Waals surface area contributed by atoms with Crippen LogP contribution in [0, 0.1) is 0 Å². The zero-order valence-electron chi connectivity index (χ0n) is 14.1. The fraction of sp³-hybridized carbons (Fsp3) is 0.500. The number of carbonyl (C=O) groups excluding carboxylic acids is 2. The van der Waals surface area contributed by atoms with Crippen LogP contribution in [0.2, 0.25) is 0 Å². The maximum absolute atomic E-state index is 12.4. The van der Waals surface area contributed by atoms with E-state index in [2.05, 4.69) is 0 Å². The Bertz CT molecular complexity index is 610. The second-order valence-electron chi connectivity index (χ2n) is 6.43. The fourth-order valence-corrected chi connectivity index (χ4v) is 2.46. The van der Waals surface area contributed by atoms with E-state index in [1.54, 1.807) is 45.0 Å². The highest BCUT2D eigenvalue weighted by molar-refractivity contribution is 6.06. The highest BCUT2D eigenvalue weighted by Crippen LogP contribution is 2.32. The van der Waals surface area contributed by atoms with Crippen LogP contribution in [0.4, 0.5) is 10.5 Å². The van der Waals surface area contributed by atoms with Gasteiger partial charge in [0.1, 0.15) is 11.4 Å². The Balaban J connectivity index is 2.14. The number of ether oxygens (including phenoxy) is 2. The van der Waals surface area contributed by atoms with Gasteiger partial charge in [0, 0.05) is 5.69 Å². The molecular formula is C16H22N2O6. The van der Waals surface area contributed by atoms with Crippen LogP contribution >= 0.6 is 0 Å². The monoisotopic (exact) mass is 338 g/mol. The van der Waals surface area contributed by atoms with Crippen LogP contribution in [0.25, 0.3) is 0 Å². The Morgan fingerprint density at radius 3 is 2.33 bits per heavy atom. The number of nitrogens with zero attached hydrogens (tertiary/aromatic N) is 2. The topological polar surface area (TPSA) is 99.5 Å². The molecular weight excluding hydrogens is 316 g/mol. The number of amides is 2. The molecule has 1 aliphatic rings. The summed E-state index contributed by atoms with van der Waals surface area (Å²) >= 11 is 0. The Hall–Kier alpha value is -2.32. The molecule has 0 spiro atoms. The lowest BCUT2D eigenvalue weighted by Crippen LogP contribution is -2.72. The molecule has 1 aromatic carbocycles. The summed E-state index contributed by atoms with van der Waals surface area (Å²) in [4.78, 5) is 25.6. The van der Waals surface area contributed by atoms with E-state index in [-0.39, 0.29) is 5.06 Å². The number of aliphatic hydroxyl groups is 1. The van der Waals surface area contributed by atoms with Gasteiger partial charge in [-0.25, -0.2) is 4.79 Å². The minimum Gasteiger partial charge on any atom is -0.497 e. The number of hydroxylamine groups is 2. The minimum absolute atomic E-state index is 0.245. The van der Waals surface area contributed by atoms with Crippen LogP contribution < -0.4 is 9.64 Å². The van der Waals surface area contributed by atoms with Crippen molar-refractivity contribution in [2.24, 2.45) is 0 Å². The van der Waals surface area contributed by atoms with Gasteiger partial charge in [0.15, 0.2) is 6.04 Å². The SMILES string of the molecule is COc1ccc(N2C(=O)C(N(O)C(=O)OC(C)(C)C)C2CO)cc1. The molecule has 0 saturated carbocycles. The van der Waals surface area contributed by atoms with Gasteiger partial charge in [-0.15, -0.1) is 0 Å². The maximum atomic E-state index is 12.4. The van der Waals surface area contributed by atoms with Crippen molar-refractivity contribution in [1.29, 1.82) is 0 Å². The minimum atomic E-state index is -1.19. The van der Waals surface area contributed by atoms with E-state index in [1.807, 2.05) is 0 Å². The van der Waals surface area contributed by atoms with Gasteiger partial charge >= 0.3 is 6.09 Å². The summed E-state index contributed by atoms with van der Waals surface area (Å²) < 4.78 is 10.1. The van der Waals surface area contributed by atoms with E-state index >= 15 is 0 Å². The van der Waals surface area contributed by atoms with Gasteiger partial charge in [0.25, 0.3) is 5.91 Å². The highest BCUT2D eigenvalue weighted by Gasteiger charge is 2.53. The van der Waals surface area contributed by atoms with E-state index in [1.165, 1.54) is 12.0 Å². The number of aliphatic hydroxyl groups excluding tert-OH is 1. The first-order valence-electron chi connectivity index (χ1n) is 7.48. The van der Waals surface area contributed by atoms with Crippen molar-refractivity contribution >= 4 is 17.7 Å². The molecule has 1 fully saturated rings. The van der Waals surface area contributed by atoms with Gasteiger partial charge in [-0.2, -0.15) is 5.06 Å². The largest absolute Gasteiger partial charge is 0.497 e. The third-order valence-corrected chi connectivity index (χ3v) is 3.57. The van der Waals surface area contributed by atoms with Crippen molar-refractivity contribution in [2.45, 2.75) is 38.5 Å². The van der Waals surface area contributed by atoms with Gasteiger partial charge in [-0.3, -0.25) is 10.0 Å². The summed E-state index contributed by atoms with van der Waals surface area (Å²) in [6.07, 6.45) is -1.03. The molecule has 0 aliphatic carbocycles. The number of hydrogen-bond donors (Lipinski definition) is 2. The van der Waals surface area contributed by atoms with E-state index in [0.29, 0.717) is 11.4 Å². The van der Waals surface area contributed by atoms with Gasteiger partial charge in [0.05, 0.1) is 19.8 Å². The summed E-state index contributed by atoms with van der Waals surface area (Å²) in [5, 5.41) is 19.8. The summed E-state index contributed by atoms with van der Waals surface area (Å²) in [6.45, 7) is 4.53. The predicted octanol–water partition coefficient (Wildman–Crippen LogP) is 1.40. The van der Waals surface area contributed by atoms with Gasteiger partial charge < -0.3 is 19.5 Å². The lowest BCUT2D eigenvalue weighted by atomic mass is 9.94. The van der Waals surface area contributed by atoms with Crippen molar-refractivity contribution in [3.8, 4) is 5.75 Å². The summed E-state index contributed by atoms with van der Waals surface area (Å²) in [7, 11) is 1.53. The van der Waals surface area contributed by atoms with Crippen molar-refractivity contribution in [3.05, 3.63) is 24.3 Å². The van der Waals surface area contributed by atoms with Crippen LogP contribution in [-0.2, 0) is 9.53 Å². The summed E-state index contributed by atoms with van der Waals surface area (Å²) in [5.41, 5.74) is -0.274. The van der Waals surface area contributed by atoms with Crippen LogP contribution in [0.15, 0.2) is 24.3 Å². The first-order valence-corrected chi connectivity index (χ1v) is 7.48. The normalized spacial score (nSPS) is 20.4. The Labute approximate surface area is 140 Å². The van der Waals surface area contributed by atoms with Crippen molar-refractivity contribution in [3.63, 3.8) is 0 Å². The molecule has 1 aromatic rings. The van der Waals surface area contributed by atoms with Crippen molar-refractivity contribution in [2.75, 3.05) is 18.6 Å². The molecule has 0 bridgehead atoms. The highest BCUT2D eigenvalue weighted by atomic mass is 16.6. The summed E-state index contributed by atoms with van der Waals surface area (Å²) in [5.74, 6) is 0.119. The average Bonchev–Trinajstić information content (AvgIpc) is 2.51. The second kappa shape index (κ2) is 6.66. The van der Waals surface area contributed by atoms with Crippen LogP contribution in [0.5, 0.6) is 5.75 Å². The zero-order chi connectivity index (χ0) is 18.1. The second-order valence-corrected chi connectivity index (χ2v) is 6.43.